The molecule has 9 nitrogen and oxygen atoms in total. The van der Waals surface area contributed by atoms with Crippen LogP contribution < -0.4 is 0 Å². The normalized spacial score (nSPS) is 12.9. The second-order valence-electron chi connectivity index (χ2n) is 6.54. The average molecular weight is 391 g/mol. The summed E-state index contributed by atoms with van der Waals surface area (Å²) >= 11 is 0. The van der Waals surface area contributed by atoms with Gasteiger partial charge in [0.25, 0.3) is 11.8 Å². The average Bonchev–Trinajstić information content (AvgIpc) is 3.27. The first kappa shape index (κ1) is 18.5. The highest BCUT2D eigenvalue weighted by molar-refractivity contribution is 6.21. The third-order valence-corrected chi connectivity index (χ3v) is 4.49. The molecule has 3 aromatic rings. The first-order valence-electron chi connectivity index (χ1n) is 8.98. The Kier molecular flexibility index (Phi) is 4.86. The maximum atomic E-state index is 12.3. The van der Waals surface area contributed by atoms with Crippen LogP contribution in [-0.4, -0.2) is 56.0 Å². The molecule has 0 unspecified atom stereocenters. The standard InChI is InChI=1S/C20H17N5O4/c1-13-6-8-14(9-7-13)18-21-23-25(22-18)12-17(26)29-11-10-24-19(27)15-4-2-3-5-16(15)20(24)28/h2-9H,10-12H2,1H3. The Bertz CT molecular complexity index is 1060. The number of esters is 1. The predicted molar refractivity (Wildman–Crippen MR) is 101 cm³/mol. The maximum absolute atomic E-state index is 12.3. The molecule has 1 aliphatic rings. The van der Waals surface area contributed by atoms with Crippen molar-refractivity contribution in [1.82, 2.24) is 25.1 Å². The minimum atomic E-state index is -0.588. The Morgan fingerprint density at radius 1 is 1.00 bits per heavy atom. The van der Waals surface area contributed by atoms with Gasteiger partial charge in [-0.05, 0) is 24.3 Å². The Morgan fingerprint density at radius 3 is 2.31 bits per heavy atom. The number of imide groups is 1. The summed E-state index contributed by atoms with van der Waals surface area (Å²) in [5, 5.41) is 11.9. The van der Waals surface area contributed by atoms with Crippen LogP contribution in [-0.2, 0) is 16.1 Å². The summed E-state index contributed by atoms with van der Waals surface area (Å²) in [5.74, 6) is -0.956. The van der Waals surface area contributed by atoms with E-state index in [4.69, 9.17) is 4.74 Å². The van der Waals surface area contributed by atoms with Crippen LogP contribution in [0.5, 0.6) is 0 Å². The van der Waals surface area contributed by atoms with Gasteiger partial charge in [0.1, 0.15) is 6.61 Å². The van der Waals surface area contributed by atoms with Crippen LogP contribution in [0.4, 0.5) is 0 Å². The number of carbonyl (C=O) groups excluding carboxylic acids is 3. The van der Waals surface area contributed by atoms with Crippen LogP contribution in [0.3, 0.4) is 0 Å². The van der Waals surface area contributed by atoms with Crippen LogP contribution in [0.2, 0.25) is 0 Å². The Morgan fingerprint density at radius 2 is 1.66 bits per heavy atom. The van der Waals surface area contributed by atoms with E-state index in [1.54, 1.807) is 24.3 Å². The van der Waals surface area contributed by atoms with Gasteiger partial charge in [0.15, 0.2) is 6.54 Å². The van der Waals surface area contributed by atoms with Gasteiger partial charge in [-0.2, -0.15) is 4.80 Å². The Balaban J connectivity index is 1.30. The molecule has 0 spiro atoms. The quantitative estimate of drug-likeness (QED) is 0.463. The van der Waals surface area contributed by atoms with E-state index in [1.165, 1.54) is 0 Å². The number of benzene rings is 2. The minimum absolute atomic E-state index is 0.0164. The molecule has 0 saturated carbocycles. The molecule has 2 heterocycles. The van der Waals surface area contributed by atoms with E-state index in [-0.39, 0.29) is 31.5 Å². The zero-order chi connectivity index (χ0) is 20.4. The largest absolute Gasteiger partial charge is 0.462 e. The molecule has 0 saturated heterocycles. The van der Waals surface area contributed by atoms with Crippen LogP contribution in [0, 0.1) is 6.92 Å². The van der Waals surface area contributed by atoms with E-state index in [9.17, 15) is 14.4 Å². The molecule has 146 valence electrons. The van der Waals surface area contributed by atoms with Gasteiger partial charge in [0, 0.05) is 5.56 Å². The van der Waals surface area contributed by atoms with Crippen molar-refractivity contribution < 1.29 is 19.1 Å². The number of ether oxygens (including phenoxy) is 1. The molecule has 0 aliphatic carbocycles. The molecule has 1 aromatic heterocycles. The summed E-state index contributed by atoms with van der Waals surface area (Å²) in [6, 6.07) is 14.2. The van der Waals surface area contributed by atoms with Gasteiger partial charge in [0.05, 0.1) is 17.7 Å². The van der Waals surface area contributed by atoms with Crippen molar-refractivity contribution in [2.75, 3.05) is 13.2 Å². The van der Waals surface area contributed by atoms with Crippen LogP contribution in [0.1, 0.15) is 26.3 Å². The summed E-state index contributed by atoms with van der Waals surface area (Å²) in [7, 11) is 0. The van der Waals surface area contributed by atoms with Crippen molar-refractivity contribution in [3.8, 4) is 11.4 Å². The third kappa shape index (κ3) is 3.75. The molecule has 2 aromatic carbocycles. The summed E-state index contributed by atoms with van der Waals surface area (Å²) < 4.78 is 5.12. The van der Waals surface area contributed by atoms with Crippen molar-refractivity contribution in [3.63, 3.8) is 0 Å². The number of fused-ring (bicyclic) bond motifs is 1. The molecule has 9 heteroatoms. The van der Waals surface area contributed by atoms with Crippen LogP contribution in [0.25, 0.3) is 11.4 Å². The number of rotatable bonds is 6. The van der Waals surface area contributed by atoms with E-state index in [0.29, 0.717) is 17.0 Å². The zero-order valence-electron chi connectivity index (χ0n) is 15.6. The number of nitrogens with zero attached hydrogens (tertiary/aromatic N) is 5. The van der Waals surface area contributed by atoms with Crippen molar-refractivity contribution >= 4 is 17.8 Å². The SMILES string of the molecule is Cc1ccc(-c2nnn(CC(=O)OCCN3C(=O)c4ccccc4C3=O)n2)cc1. The fourth-order valence-electron chi connectivity index (χ4n) is 2.98. The lowest BCUT2D eigenvalue weighted by Gasteiger charge is -2.13. The Hall–Kier alpha value is -3.88. The fraction of sp³-hybridized carbons (Fsp3) is 0.200. The summed E-state index contributed by atoms with van der Waals surface area (Å²) in [5.41, 5.74) is 2.63. The lowest BCUT2D eigenvalue weighted by Crippen LogP contribution is -2.33. The highest BCUT2D eigenvalue weighted by Crippen LogP contribution is 2.21. The topological polar surface area (TPSA) is 107 Å². The van der Waals surface area contributed by atoms with Crippen LogP contribution >= 0.6 is 0 Å². The van der Waals surface area contributed by atoms with Crippen molar-refractivity contribution in [2.24, 2.45) is 0 Å². The smallest absolute Gasteiger partial charge is 0.329 e. The van der Waals surface area contributed by atoms with Gasteiger partial charge in [-0.3, -0.25) is 14.5 Å². The van der Waals surface area contributed by atoms with E-state index in [1.807, 2.05) is 31.2 Å². The van der Waals surface area contributed by atoms with Gasteiger partial charge in [-0.25, -0.2) is 4.79 Å². The van der Waals surface area contributed by atoms with Gasteiger partial charge < -0.3 is 4.74 Å². The first-order valence-corrected chi connectivity index (χ1v) is 8.98. The van der Waals surface area contributed by atoms with E-state index >= 15 is 0 Å². The molecule has 0 radical (unpaired) electrons. The molecule has 1 aliphatic heterocycles. The number of tetrazole rings is 1. The summed E-state index contributed by atoms with van der Waals surface area (Å²) in [6.07, 6.45) is 0. The monoisotopic (exact) mass is 391 g/mol. The Labute approximate surface area is 165 Å². The van der Waals surface area contributed by atoms with Gasteiger partial charge in [-0.1, -0.05) is 42.0 Å². The second kappa shape index (κ2) is 7.63. The van der Waals surface area contributed by atoms with E-state index in [2.05, 4.69) is 15.4 Å². The number of aromatic nitrogens is 4. The molecule has 0 bridgehead atoms. The lowest BCUT2D eigenvalue weighted by molar-refractivity contribution is -0.145. The van der Waals surface area contributed by atoms with Crippen molar-refractivity contribution in [3.05, 3.63) is 65.2 Å². The van der Waals surface area contributed by atoms with Gasteiger partial charge in [-0.15, -0.1) is 10.2 Å². The molecule has 0 atom stereocenters. The predicted octanol–water partition coefficient (Wildman–Crippen LogP) is 1.49. The zero-order valence-corrected chi connectivity index (χ0v) is 15.6. The third-order valence-electron chi connectivity index (χ3n) is 4.49. The highest BCUT2D eigenvalue weighted by atomic mass is 16.5. The highest BCUT2D eigenvalue weighted by Gasteiger charge is 2.34. The number of carbonyl (C=O) groups is 3. The number of amides is 2. The van der Waals surface area contributed by atoms with E-state index < -0.39 is 5.97 Å². The van der Waals surface area contributed by atoms with Crippen molar-refractivity contribution in [1.29, 1.82) is 0 Å². The molecule has 2 amide bonds. The molecule has 29 heavy (non-hydrogen) atoms. The number of hydrogen-bond acceptors (Lipinski definition) is 7. The van der Waals surface area contributed by atoms with Crippen molar-refractivity contribution in [2.45, 2.75) is 13.5 Å². The van der Waals surface area contributed by atoms with Gasteiger partial charge >= 0.3 is 5.97 Å². The van der Waals surface area contributed by atoms with Gasteiger partial charge in [0.2, 0.25) is 5.82 Å². The summed E-state index contributed by atoms with van der Waals surface area (Å²) in [6.45, 7) is 1.63. The number of hydrogen-bond donors (Lipinski definition) is 0. The first-order chi connectivity index (χ1) is 14.0. The minimum Gasteiger partial charge on any atom is -0.462 e. The molecular formula is C20H17N5O4. The maximum Gasteiger partial charge on any atom is 0.329 e. The summed E-state index contributed by atoms with van der Waals surface area (Å²) in [4.78, 5) is 38.8. The number of aryl methyl sites for hydroxylation is 1. The fourth-order valence-corrected chi connectivity index (χ4v) is 2.98. The molecule has 0 N–H and O–H groups in total. The molecular weight excluding hydrogens is 374 g/mol. The molecule has 4 rings (SSSR count). The molecule has 0 fully saturated rings. The van der Waals surface area contributed by atoms with Crippen LogP contribution in [0.15, 0.2) is 48.5 Å². The second-order valence-corrected chi connectivity index (χ2v) is 6.54. The lowest BCUT2D eigenvalue weighted by atomic mass is 10.1. The van der Waals surface area contributed by atoms with E-state index in [0.717, 1.165) is 20.8 Å².